The van der Waals surface area contributed by atoms with Gasteiger partial charge in [0.2, 0.25) is 10.8 Å². The quantitative estimate of drug-likeness (QED) is 0.559. The Labute approximate surface area is 185 Å². The summed E-state index contributed by atoms with van der Waals surface area (Å²) in [4.78, 5) is 20.6. The topological polar surface area (TPSA) is 89.2 Å². The highest BCUT2D eigenvalue weighted by Crippen LogP contribution is 2.41. The number of ether oxygens (including phenoxy) is 2. The smallest absolute Gasteiger partial charge is 0.310 e. The summed E-state index contributed by atoms with van der Waals surface area (Å²) >= 11 is 1.44. The molecule has 3 aromatic rings. The van der Waals surface area contributed by atoms with Gasteiger partial charge in [0.05, 0.1) is 30.6 Å². The molecule has 1 fully saturated rings. The van der Waals surface area contributed by atoms with Crippen LogP contribution in [0.15, 0.2) is 24.3 Å². The summed E-state index contributed by atoms with van der Waals surface area (Å²) in [5, 5.41) is 15.5. The van der Waals surface area contributed by atoms with E-state index < -0.39 is 0 Å². The second-order valence-corrected chi connectivity index (χ2v) is 8.64. The van der Waals surface area contributed by atoms with Gasteiger partial charge >= 0.3 is 5.97 Å². The molecule has 0 bridgehead atoms. The van der Waals surface area contributed by atoms with Crippen molar-refractivity contribution in [3.63, 3.8) is 0 Å². The van der Waals surface area contributed by atoms with Gasteiger partial charge in [-0.2, -0.15) is 4.52 Å². The number of aryl methyl sites for hydroxylation is 1. The van der Waals surface area contributed by atoms with Gasteiger partial charge < -0.3 is 14.6 Å². The van der Waals surface area contributed by atoms with Gasteiger partial charge in [-0.15, -0.1) is 5.10 Å². The molecule has 1 aliphatic heterocycles. The standard InChI is InChI=1S/C22H28N4O4S/c1-4-17-23-22-26(24-17)20(27)19(31-22)18(14-8-10-16(29-3)11-9-14)25-12-6-7-15(13-25)21(28)30-5-2/h8-11,15,18,27H,4-7,12-13H2,1-3H3. The summed E-state index contributed by atoms with van der Waals surface area (Å²) in [6.45, 7) is 5.59. The minimum Gasteiger partial charge on any atom is -0.497 e. The molecule has 0 spiro atoms. The molecule has 9 heteroatoms. The van der Waals surface area contributed by atoms with Crippen LogP contribution in [-0.2, 0) is 16.0 Å². The van der Waals surface area contributed by atoms with Crippen LogP contribution in [0.25, 0.3) is 4.96 Å². The average Bonchev–Trinajstić information content (AvgIpc) is 3.34. The number of rotatable bonds is 7. The predicted molar refractivity (Wildman–Crippen MR) is 118 cm³/mol. The molecule has 31 heavy (non-hydrogen) atoms. The summed E-state index contributed by atoms with van der Waals surface area (Å²) in [7, 11) is 1.64. The van der Waals surface area contributed by atoms with Crippen molar-refractivity contribution >= 4 is 22.3 Å². The molecule has 0 saturated carbocycles. The largest absolute Gasteiger partial charge is 0.497 e. The zero-order chi connectivity index (χ0) is 22.0. The van der Waals surface area contributed by atoms with E-state index >= 15 is 0 Å². The molecule has 0 amide bonds. The van der Waals surface area contributed by atoms with Crippen molar-refractivity contribution in [1.29, 1.82) is 0 Å². The third-order valence-corrected chi connectivity index (χ3v) is 6.75. The Balaban J connectivity index is 1.73. The number of carbonyl (C=O) groups is 1. The van der Waals surface area contributed by atoms with E-state index in [4.69, 9.17) is 9.47 Å². The first-order valence-corrected chi connectivity index (χ1v) is 11.5. The van der Waals surface area contributed by atoms with Crippen molar-refractivity contribution in [1.82, 2.24) is 19.5 Å². The van der Waals surface area contributed by atoms with Crippen molar-refractivity contribution in [2.75, 3.05) is 26.8 Å². The zero-order valence-corrected chi connectivity index (χ0v) is 18.9. The number of benzene rings is 1. The lowest BCUT2D eigenvalue weighted by Gasteiger charge is -2.37. The summed E-state index contributed by atoms with van der Waals surface area (Å²) < 4.78 is 12.1. The molecule has 4 rings (SSSR count). The molecule has 8 nitrogen and oxygen atoms in total. The zero-order valence-electron chi connectivity index (χ0n) is 18.1. The molecule has 3 heterocycles. The van der Waals surface area contributed by atoms with E-state index in [1.807, 2.05) is 38.1 Å². The van der Waals surface area contributed by atoms with E-state index in [0.29, 0.717) is 30.4 Å². The van der Waals surface area contributed by atoms with E-state index in [2.05, 4.69) is 15.0 Å². The Morgan fingerprint density at radius 3 is 2.74 bits per heavy atom. The van der Waals surface area contributed by atoms with Gasteiger partial charge in [-0.05, 0) is 44.0 Å². The lowest BCUT2D eigenvalue weighted by molar-refractivity contribution is -0.150. The number of esters is 1. The monoisotopic (exact) mass is 444 g/mol. The molecular weight excluding hydrogens is 416 g/mol. The van der Waals surface area contributed by atoms with Gasteiger partial charge in [0.25, 0.3) is 0 Å². The number of aromatic nitrogens is 3. The van der Waals surface area contributed by atoms with Gasteiger partial charge in [0.1, 0.15) is 5.75 Å². The second kappa shape index (κ2) is 9.23. The Bertz CT molecular complexity index is 1050. The molecule has 1 N–H and O–H groups in total. The first-order valence-electron chi connectivity index (χ1n) is 10.7. The van der Waals surface area contributed by atoms with Crippen LogP contribution in [0.4, 0.5) is 0 Å². The van der Waals surface area contributed by atoms with E-state index in [9.17, 15) is 9.90 Å². The van der Waals surface area contributed by atoms with Crippen LogP contribution in [-0.4, -0.2) is 57.4 Å². The fourth-order valence-corrected chi connectivity index (χ4v) is 5.26. The fourth-order valence-electron chi connectivity index (χ4n) is 4.13. The number of methoxy groups -OCH3 is 1. The predicted octanol–water partition coefficient (Wildman–Crippen LogP) is 3.43. The van der Waals surface area contributed by atoms with Gasteiger partial charge in [0.15, 0.2) is 5.82 Å². The molecule has 0 aliphatic carbocycles. The number of aromatic hydroxyl groups is 1. The van der Waals surface area contributed by atoms with Crippen LogP contribution in [0.5, 0.6) is 11.6 Å². The Morgan fingerprint density at radius 1 is 1.32 bits per heavy atom. The number of fused-ring (bicyclic) bond motifs is 1. The van der Waals surface area contributed by atoms with Crippen LogP contribution < -0.4 is 4.74 Å². The number of carbonyl (C=O) groups excluding carboxylic acids is 1. The number of likely N-dealkylation sites (tertiary alicyclic amines) is 1. The maximum atomic E-state index is 12.4. The minimum absolute atomic E-state index is 0.103. The van der Waals surface area contributed by atoms with E-state index in [1.54, 1.807) is 7.11 Å². The van der Waals surface area contributed by atoms with Crippen LogP contribution in [0.1, 0.15) is 49.0 Å². The molecule has 1 saturated heterocycles. The maximum absolute atomic E-state index is 12.4. The van der Waals surface area contributed by atoms with Crippen molar-refractivity contribution in [2.24, 2.45) is 5.92 Å². The highest BCUT2D eigenvalue weighted by atomic mass is 32.1. The lowest BCUT2D eigenvalue weighted by atomic mass is 9.94. The summed E-state index contributed by atoms with van der Waals surface area (Å²) in [6, 6.07) is 7.62. The Hall–Kier alpha value is -2.65. The molecule has 1 aromatic carbocycles. The second-order valence-electron chi connectivity index (χ2n) is 7.63. The fraction of sp³-hybridized carbons (Fsp3) is 0.500. The number of piperidine rings is 1. The number of thiazole rings is 1. The van der Waals surface area contributed by atoms with Crippen LogP contribution in [0.2, 0.25) is 0 Å². The van der Waals surface area contributed by atoms with E-state index in [0.717, 1.165) is 35.6 Å². The molecule has 2 atom stereocenters. The van der Waals surface area contributed by atoms with Gasteiger partial charge in [0, 0.05) is 13.0 Å². The molecule has 2 aromatic heterocycles. The first-order chi connectivity index (χ1) is 15.0. The highest BCUT2D eigenvalue weighted by molar-refractivity contribution is 7.17. The third kappa shape index (κ3) is 4.24. The van der Waals surface area contributed by atoms with Gasteiger partial charge in [-0.25, -0.2) is 4.98 Å². The Morgan fingerprint density at radius 2 is 2.10 bits per heavy atom. The number of hydrogen-bond acceptors (Lipinski definition) is 8. The summed E-state index contributed by atoms with van der Waals surface area (Å²) in [5.41, 5.74) is 1.01. The first kappa shape index (κ1) is 21.6. The van der Waals surface area contributed by atoms with Crippen molar-refractivity contribution in [3.05, 3.63) is 40.5 Å². The molecular formula is C22H28N4O4S. The van der Waals surface area contributed by atoms with Crippen LogP contribution in [0.3, 0.4) is 0 Å². The molecule has 1 aliphatic rings. The molecule has 166 valence electrons. The van der Waals surface area contributed by atoms with E-state index in [1.165, 1.54) is 15.9 Å². The molecule has 2 unspecified atom stereocenters. The minimum atomic E-state index is -0.221. The van der Waals surface area contributed by atoms with Crippen molar-refractivity contribution in [3.8, 4) is 11.6 Å². The Kier molecular flexibility index (Phi) is 6.43. The molecule has 0 radical (unpaired) electrons. The summed E-state index contributed by atoms with van der Waals surface area (Å²) in [6.07, 6.45) is 2.40. The lowest BCUT2D eigenvalue weighted by Crippen LogP contribution is -2.41. The maximum Gasteiger partial charge on any atom is 0.310 e. The number of nitrogens with zero attached hydrogens (tertiary/aromatic N) is 4. The normalized spacial score (nSPS) is 18.2. The van der Waals surface area contributed by atoms with Crippen molar-refractivity contribution in [2.45, 2.75) is 39.2 Å². The van der Waals surface area contributed by atoms with E-state index in [-0.39, 0.29) is 23.8 Å². The van der Waals surface area contributed by atoms with Crippen LogP contribution >= 0.6 is 11.3 Å². The van der Waals surface area contributed by atoms with Gasteiger partial charge in [-0.3, -0.25) is 9.69 Å². The van der Waals surface area contributed by atoms with Crippen LogP contribution in [0, 0.1) is 5.92 Å². The number of hydrogen-bond donors (Lipinski definition) is 1. The summed E-state index contributed by atoms with van der Waals surface area (Å²) in [5.74, 6) is 1.25. The van der Waals surface area contributed by atoms with Gasteiger partial charge in [-0.1, -0.05) is 30.4 Å². The third-order valence-electron chi connectivity index (χ3n) is 5.68. The highest BCUT2D eigenvalue weighted by Gasteiger charge is 2.35. The van der Waals surface area contributed by atoms with Crippen molar-refractivity contribution < 1.29 is 19.4 Å². The SMILES string of the molecule is CCOC(=O)C1CCCN(C(c2ccc(OC)cc2)c2sc3nc(CC)nn3c2O)C1. The average molecular weight is 445 g/mol.